The molecule has 4 heterocycles. The Morgan fingerprint density at radius 3 is 2.09 bits per heavy atom. The fourth-order valence-corrected chi connectivity index (χ4v) is 9.05. The number of hydrogen-bond acceptors (Lipinski definition) is 4. The van der Waals surface area contributed by atoms with Gasteiger partial charge in [-0.3, -0.25) is 4.98 Å². The van der Waals surface area contributed by atoms with Crippen LogP contribution in [0.1, 0.15) is 70.0 Å². The van der Waals surface area contributed by atoms with Gasteiger partial charge in [0, 0.05) is 56.6 Å². The van der Waals surface area contributed by atoms with Gasteiger partial charge in [0.2, 0.25) is 0 Å². The molecule has 66 heavy (non-hydrogen) atoms. The Labute approximate surface area is 406 Å². The second-order valence-electron chi connectivity index (χ2n) is 17.2. The van der Waals surface area contributed by atoms with E-state index in [1.54, 1.807) is 12.1 Å². The van der Waals surface area contributed by atoms with Crippen LogP contribution in [0.25, 0.3) is 105 Å². The molecular weight excluding hydrogens is 987 g/mol. The summed E-state index contributed by atoms with van der Waals surface area (Å²) < 4.78 is 59.3. The monoisotopic (exact) mass is 1040 g/mol. The van der Waals surface area contributed by atoms with E-state index >= 15 is 0 Å². The zero-order chi connectivity index (χ0) is 49.3. The quantitative estimate of drug-likeness (QED) is 0.123. The zero-order valence-corrected chi connectivity index (χ0v) is 39.1. The predicted molar refractivity (Wildman–Crippen MR) is 269 cm³/mol. The SMILES string of the molecule is CC(C)c1cc(-c2cc3ccccc3o2)cc(C(C)C)c1-n1c(-c2[c-]ccc3c2oc2cc4c(ccc5ccccc54)cc23)nc2ccccc21.[2H]C([2H])([2H])c1c[c-]c(-c2ccc(C([2H])([2H])[2H])cn2)cc1.[Ir]. The molecule has 0 saturated heterocycles. The molecule has 0 saturated carbocycles. The Bertz CT molecular complexity index is 3860. The van der Waals surface area contributed by atoms with Crippen molar-refractivity contribution in [3.05, 3.63) is 198 Å². The summed E-state index contributed by atoms with van der Waals surface area (Å²) in [5.41, 5.74) is 11.6. The summed E-state index contributed by atoms with van der Waals surface area (Å²) >= 11 is 0. The van der Waals surface area contributed by atoms with Gasteiger partial charge >= 0.3 is 0 Å². The first-order valence-electron chi connectivity index (χ1n) is 24.9. The molecule has 0 aliphatic carbocycles. The van der Waals surface area contributed by atoms with E-state index in [0.717, 1.165) is 72.3 Å². The Kier molecular flexibility index (Phi) is 9.51. The normalized spacial score (nSPS) is 13.4. The van der Waals surface area contributed by atoms with Crippen molar-refractivity contribution in [3.8, 4) is 39.7 Å². The van der Waals surface area contributed by atoms with Crippen molar-refractivity contribution < 1.29 is 37.2 Å². The van der Waals surface area contributed by atoms with Gasteiger partial charge in [-0.1, -0.05) is 124 Å². The van der Waals surface area contributed by atoms with Gasteiger partial charge < -0.3 is 18.4 Å². The van der Waals surface area contributed by atoms with Crippen molar-refractivity contribution in [2.45, 2.75) is 53.2 Å². The third-order valence-corrected chi connectivity index (χ3v) is 12.3. The largest absolute Gasteiger partial charge is 0.501 e. The summed E-state index contributed by atoms with van der Waals surface area (Å²) in [6, 6.07) is 59.0. The number of hydrogen-bond donors (Lipinski definition) is 0. The third kappa shape index (κ3) is 7.60. The minimum Gasteiger partial charge on any atom is -0.501 e. The molecule has 5 nitrogen and oxygen atoms in total. The predicted octanol–water partition coefficient (Wildman–Crippen LogP) is 16.5. The van der Waals surface area contributed by atoms with Crippen LogP contribution < -0.4 is 0 Å². The van der Waals surface area contributed by atoms with Crippen LogP contribution in [0.2, 0.25) is 0 Å². The molecule has 0 N–H and O–H groups in total. The molecule has 1 radical (unpaired) electrons. The molecule has 0 fully saturated rings. The van der Waals surface area contributed by atoms with Crippen LogP contribution >= 0.6 is 0 Å². The zero-order valence-electron chi connectivity index (χ0n) is 42.7. The number of furan rings is 2. The average molecular weight is 1040 g/mol. The van der Waals surface area contributed by atoms with Crippen LogP contribution in [0, 0.1) is 25.8 Å². The molecule has 12 aromatic rings. The summed E-state index contributed by atoms with van der Waals surface area (Å²) in [6.45, 7) is 4.73. The molecule has 8 aromatic carbocycles. The van der Waals surface area contributed by atoms with Gasteiger partial charge in [-0.05, 0) is 111 Å². The Balaban J connectivity index is 0.000000240. The molecule has 6 heteroatoms. The number of rotatable bonds is 6. The molecule has 0 atom stereocenters. The number of fused-ring (bicyclic) bond motifs is 8. The maximum Gasteiger partial charge on any atom is 0.135 e. The summed E-state index contributed by atoms with van der Waals surface area (Å²) in [4.78, 5) is 9.41. The average Bonchev–Trinajstić information content (AvgIpc) is 4.09. The number of para-hydroxylation sites is 3. The van der Waals surface area contributed by atoms with E-state index in [1.807, 2.05) is 18.2 Å². The summed E-state index contributed by atoms with van der Waals surface area (Å²) in [6.07, 6.45) is 1.30. The van der Waals surface area contributed by atoms with E-state index in [9.17, 15) is 0 Å². The molecule has 4 aromatic heterocycles. The van der Waals surface area contributed by atoms with Gasteiger partial charge in [0.05, 0.1) is 22.4 Å². The Hall–Kier alpha value is -7.11. The topological polar surface area (TPSA) is 57.0 Å². The van der Waals surface area contributed by atoms with Crippen molar-refractivity contribution in [1.82, 2.24) is 14.5 Å². The van der Waals surface area contributed by atoms with Crippen LogP contribution in [0.4, 0.5) is 0 Å². The molecular formula is C60H47IrN3O2-2. The van der Waals surface area contributed by atoms with E-state index in [2.05, 4.69) is 159 Å². The van der Waals surface area contributed by atoms with E-state index in [0.29, 0.717) is 11.3 Å². The molecule has 0 unspecified atom stereocenters. The second-order valence-corrected chi connectivity index (χ2v) is 17.2. The number of imidazole rings is 1. The van der Waals surface area contributed by atoms with Crippen LogP contribution in [-0.4, -0.2) is 14.5 Å². The molecule has 0 bridgehead atoms. The van der Waals surface area contributed by atoms with Gasteiger partial charge in [0.1, 0.15) is 16.9 Å². The van der Waals surface area contributed by atoms with Crippen LogP contribution in [0.3, 0.4) is 0 Å². The van der Waals surface area contributed by atoms with Crippen molar-refractivity contribution in [2.75, 3.05) is 0 Å². The van der Waals surface area contributed by atoms with Crippen molar-refractivity contribution >= 4 is 65.5 Å². The number of pyridine rings is 1. The van der Waals surface area contributed by atoms with E-state index in [-0.39, 0.29) is 43.1 Å². The standard InChI is InChI=1S/C47H35N2O2.C13H12N.Ir/c1-27(2)36-23-32(43-25-31-13-6-10-19-42(31)50-43)24-37(28(3)4)45(36)49-41-18-9-8-17-40(41)48-47(49)35-16-11-15-34-39-22-30-21-20-29-12-5-7-14-33(29)38(30)26-44(39)51-46(34)35;1-10-3-6-12(7-4-10)13-8-5-11(2)9-14-13;/h5-15,17-28H,1-4H3;3-6,8-9H,1-2H3;/q2*-1;/i;1D3,2D3;. The van der Waals surface area contributed by atoms with Gasteiger partial charge in [-0.2, -0.15) is 0 Å². The third-order valence-electron chi connectivity index (χ3n) is 12.3. The Morgan fingerprint density at radius 1 is 0.606 bits per heavy atom. The number of aromatic nitrogens is 3. The van der Waals surface area contributed by atoms with E-state index in [1.165, 1.54) is 57.1 Å². The summed E-state index contributed by atoms with van der Waals surface area (Å²) in [5, 5.41) is 8.07. The first-order valence-corrected chi connectivity index (χ1v) is 21.9. The van der Waals surface area contributed by atoms with Crippen LogP contribution in [0.15, 0.2) is 173 Å². The first-order chi connectivity index (χ1) is 34.1. The number of nitrogens with zero attached hydrogens (tertiary/aromatic N) is 3. The van der Waals surface area contributed by atoms with Gasteiger partial charge in [-0.25, -0.2) is 0 Å². The molecule has 0 spiro atoms. The minimum absolute atomic E-state index is 0. The smallest absolute Gasteiger partial charge is 0.135 e. The minimum atomic E-state index is -2.18. The van der Waals surface area contributed by atoms with E-state index < -0.39 is 13.7 Å². The number of benzene rings is 8. The second kappa shape index (κ2) is 17.4. The van der Waals surface area contributed by atoms with Crippen molar-refractivity contribution in [1.29, 1.82) is 0 Å². The number of aryl methyl sites for hydroxylation is 2. The van der Waals surface area contributed by atoms with Gasteiger partial charge in [0.15, 0.2) is 0 Å². The maximum atomic E-state index is 7.28. The fraction of sp³-hybridized carbons (Fsp3) is 0.133. The van der Waals surface area contributed by atoms with Crippen molar-refractivity contribution in [3.63, 3.8) is 0 Å². The molecule has 0 amide bonds. The van der Waals surface area contributed by atoms with E-state index in [4.69, 9.17) is 22.0 Å². The maximum absolute atomic E-state index is 7.28. The Morgan fingerprint density at radius 2 is 1.35 bits per heavy atom. The van der Waals surface area contributed by atoms with Gasteiger partial charge in [0.25, 0.3) is 0 Å². The van der Waals surface area contributed by atoms with Gasteiger partial charge in [-0.15, -0.1) is 53.6 Å². The van der Waals surface area contributed by atoms with Crippen LogP contribution in [0.5, 0.6) is 0 Å². The molecule has 12 rings (SSSR count). The first kappa shape index (κ1) is 36.1. The molecule has 0 aliphatic rings. The fourth-order valence-electron chi connectivity index (χ4n) is 9.05. The van der Waals surface area contributed by atoms with Crippen molar-refractivity contribution in [2.24, 2.45) is 0 Å². The molecule has 0 aliphatic heterocycles. The van der Waals surface area contributed by atoms with Crippen LogP contribution in [-0.2, 0) is 20.1 Å². The summed E-state index contributed by atoms with van der Waals surface area (Å²) in [5.74, 6) is 2.15. The molecule has 325 valence electrons. The summed E-state index contributed by atoms with van der Waals surface area (Å²) in [7, 11) is 0.